The number of nitrogens with one attached hydrogen (secondary N) is 1. The van der Waals surface area contributed by atoms with E-state index in [9.17, 15) is 4.79 Å². The van der Waals surface area contributed by atoms with Gasteiger partial charge in [0.05, 0.1) is 16.9 Å². The first-order valence-corrected chi connectivity index (χ1v) is 8.97. The van der Waals surface area contributed by atoms with E-state index < -0.39 is 0 Å². The Morgan fingerprint density at radius 2 is 2.15 bits per heavy atom. The van der Waals surface area contributed by atoms with Crippen molar-refractivity contribution in [1.82, 2.24) is 25.2 Å². The molecule has 10 heteroatoms. The molecular weight excluding hydrogens is 418 g/mol. The molecule has 2 heterocycles. The molecule has 0 bridgehead atoms. The van der Waals surface area contributed by atoms with Gasteiger partial charge >= 0.3 is 0 Å². The van der Waals surface area contributed by atoms with Gasteiger partial charge in [0.15, 0.2) is 0 Å². The second-order valence-electron chi connectivity index (χ2n) is 5.22. The van der Waals surface area contributed by atoms with Gasteiger partial charge in [0.1, 0.15) is 11.8 Å². The molecule has 0 saturated carbocycles. The molecule has 0 aliphatic rings. The van der Waals surface area contributed by atoms with Crippen molar-refractivity contribution in [2.75, 3.05) is 5.32 Å². The average molecular weight is 430 g/mol. The summed E-state index contributed by atoms with van der Waals surface area (Å²) in [7, 11) is 1.74. The van der Waals surface area contributed by atoms with E-state index in [0.717, 1.165) is 9.37 Å². The van der Waals surface area contributed by atoms with E-state index in [1.165, 1.54) is 17.8 Å². The Kier molecular flexibility index (Phi) is 5.29. The fourth-order valence-corrected chi connectivity index (χ4v) is 3.25. The Hall–Kier alpha value is -2.77. The van der Waals surface area contributed by atoms with Gasteiger partial charge in [-0.2, -0.15) is 5.26 Å². The summed E-state index contributed by atoms with van der Waals surface area (Å²) in [5.41, 5.74) is 1.78. The van der Waals surface area contributed by atoms with E-state index in [4.69, 9.17) is 5.26 Å². The van der Waals surface area contributed by atoms with Crippen LogP contribution in [0.2, 0.25) is 0 Å². The number of pyridine rings is 1. The van der Waals surface area contributed by atoms with Crippen LogP contribution in [0.15, 0.2) is 44.9 Å². The smallest absolute Gasteiger partial charge is 0.274 e. The molecule has 1 aromatic carbocycles. The summed E-state index contributed by atoms with van der Waals surface area (Å²) in [5, 5.41) is 23.8. The number of carbonyl (C=O) groups excluding carboxylic acids is 1. The molecule has 0 unspecified atom stereocenters. The van der Waals surface area contributed by atoms with E-state index in [0.29, 0.717) is 22.1 Å². The molecule has 0 saturated heterocycles. The summed E-state index contributed by atoms with van der Waals surface area (Å²) >= 11 is 4.74. The fraction of sp³-hybridized carbons (Fsp3) is 0.125. The number of halogens is 1. The van der Waals surface area contributed by atoms with Gasteiger partial charge in [-0.25, -0.2) is 9.67 Å². The maximum Gasteiger partial charge on any atom is 0.274 e. The van der Waals surface area contributed by atoms with Crippen LogP contribution in [0.3, 0.4) is 0 Å². The molecule has 0 spiro atoms. The van der Waals surface area contributed by atoms with Gasteiger partial charge in [-0.1, -0.05) is 15.9 Å². The minimum Gasteiger partial charge on any atom is -0.320 e. The van der Waals surface area contributed by atoms with Crippen LogP contribution < -0.4 is 5.32 Å². The van der Waals surface area contributed by atoms with Crippen LogP contribution in [0.5, 0.6) is 0 Å². The summed E-state index contributed by atoms with van der Waals surface area (Å²) in [6.45, 7) is 1.69. The zero-order valence-electron chi connectivity index (χ0n) is 13.8. The second kappa shape index (κ2) is 7.63. The van der Waals surface area contributed by atoms with Gasteiger partial charge in [-0.3, -0.25) is 4.79 Å². The van der Waals surface area contributed by atoms with Gasteiger partial charge in [-0.05, 0) is 59.4 Å². The molecular formula is C16H12BrN7OS. The van der Waals surface area contributed by atoms with Gasteiger partial charge in [0.2, 0.25) is 5.16 Å². The van der Waals surface area contributed by atoms with Crippen molar-refractivity contribution in [3.8, 4) is 6.07 Å². The van der Waals surface area contributed by atoms with E-state index in [-0.39, 0.29) is 11.6 Å². The molecule has 1 amide bonds. The van der Waals surface area contributed by atoms with Crippen molar-refractivity contribution in [1.29, 1.82) is 5.26 Å². The van der Waals surface area contributed by atoms with Gasteiger partial charge in [-0.15, -0.1) is 5.10 Å². The first-order chi connectivity index (χ1) is 12.5. The first kappa shape index (κ1) is 18.0. The van der Waals surface area contributed by atoms with Gasteiger partial charge in [0, 0.05) is 16.4 Å². The molecule has 0 aliphatic heterocycles. The Labute approximate surface area is 161 Å². The maximum atomic E-state index is 12.6. The van der Waals surface area contributed by atoms with Crippen LogP contribution in [0.4, 0.5) is 5.69 Å². The van der Waals surface area contributed by atoms with Gasteiger partial charge in [0.25, 0.3) is 5.91 Å². The highest BCUT2D eigenvalue weighted by molar-refractivity contribution is 9.10. The lowest BCUT2D eigenvalue weighted by Gasteiger charge is -2.11. The normalized spacial score (nSPS) is 10.4. The summed E-state index contributed by atoms with van der Waals surface area (Å²) < 4.78 is 2.36. The average Bonchev–Trinajstić information content (AvgIpc) is 3.02. The molecule has 3 aromatic rings. The third-order valence-corrected chi connectivity index (χ3v) is 5.01. The van der Waals surface area contributed by atoms with Crippen LogP contribution in [0.25, 0.3) is 0 Å². The van der Waals surface area contributed by atoms with E-state index in [1.807, 2.05) is 18.2 Å². The van der Waals surface area contributed by atoms with Crippen molar-refractivity contribution in [2.24, 2.45) is 7.05 Å². The standard InChI is InChI=1S/C16H12BrN7OS/c1-9-10(8-18)3-5-12(19-9)15(25)20-13-7-11(17)4-6-14(13)26-16-21-22-23-24(16)2/h3-7H,1-2H3,(H,20,25). The Morgan fingerprint density at radius 1 is 1.35 bits per heavy atom. The molecule has 26 heavy (non-hydrogen) atoms. The summed E-state index contributed by atoms with van der Waals surface area (Å²) in [6, 6.07) is 10.7. The number of rotatable bonds is 4. The first-order valence-electron chi connectivity index (χ1n) is 7.37. The van der Waals surface area contributed by atoms with Crippen molar-refractivity contribution >= 4 is 39.3 Å². The number of hydrogen-bond donors (Lipinski definition) is 1. The Bertz CT molecular complexity index is 1030. The Morgan fingerprint density at radius 3 is 2.81 bits per heavy atom. The summed E-state index contributed by atoms with van der Waals surface area (Å²) in [4.78, 5) is 17.5. The second-order valence-corrected chi connectivity index (χ2v) is 7.15. The zero-order valence-corrected chi connectivity index (χ0v) is 16.2. The minimum absolute atomic E-state index is 0.234. The number of amides is 1. The lowest BCUT2D eigenvalue weighted by molar-refractivity contribution is 0.102. The van der Waals surface area contributed by atoms with Crippen molar-refractivity contribution < 1.29 is 4.79 Å². The van der Waals surface area contributed by atoms with Crippen LogP contribution in [-0.4, -0.2) is 31.1 Å². The molecule has 1 N–H and O–H groups in total. The predicted octanol–water partition coefficient (Wildman–Crippen LogP) is 2.95. The highest BCUT2D eigenvalue weighted by atomic mass is 79.9. The zero-order chi connectivity index (χ0) is 18.7. The summed E-state index contributed by atoms with van der Waals surface area (Å²) in [5.74, 6) is -0.367. The fourth-order valence-electron chi connectivity index (χ4n) is 2.09. The number of carbonyl (C=O) groups is 1. The van der Waals surface area contributed by atoms with Crippen molar-refractivity contribution in [3.63, 3.8) is 0 Å². The number of tetrazole rings is 1. The molecule has 8 nitrogen and oxygen atoms in total. The molecule has 0 aliphatic carbocycles. The van der Waals surface area contributed by atoms with Crippen LogP contribution >= 0.6 is 27.7 Å². The number of nitrogens with zero attached hydrogens (tertiary/aromatic N) is 6. The highest BCUT2D eigenvalue weighted by Gasteiger charge is 2.15. The van der Waals surface area contributed by atoms with Gasteiger partial charge < -0.3 is 5.32 Å². The number of anilines is 1. The maximum absolute atomic E-state index is 12.6. The number of nitriles is 1. The number of aryl methyl sites for hydroxylation is 2. The lowest BCUT2D eigenvalue weighted by Crippen LogP contribution is -2.15. The van der Waals surface area contributed by atoms with Crippen LogP contribution in [0, 0.1) is 18.3 Å². The monoisotopic (exact) mass is 429 g/mol. The quantitative estimate of drug-likeness (QED) is 0.678. The van der Waals surface area contributed by atoms with Crippen LogP contribution in [-0.2, 0) is 7.05 Å². The SMILES string of the molecule is Cc1nc(C(=O)Nc2cc(Br)ccc2Sc2nnnn2C)ccc1C#N. The molecule has 3 rings (SSSR count). The van der Waals surface area contributed by atoms with E-state index in [1.54, 1.807) is 30.8 Å². The third kappa shape index (κ3) is 3.89. The molecule has 0 atom stereocenters. The van der Waals surface area contributed by atoms with E-state index in [2.05, 4.69) is 41.8 Å². The van der Waals surface area contributed by atoms with E-state index >= 15 is 0 Å². The highest BCUT2D eigenvalue weighted by Crippen LogP contribution is 2.34. The predicted molar refractivity (Wildman–Crippen MR) is 98.7 cm³/mol. The number of hydrogen-bond acceptors (Lipinski definition) is 7. The number of aromatic nitrogens is 5. The molecule has 130 valence electrons. The molecule has 2 aromatic heterocycles. The lowest BCUT2D eigenvalue weighted by atomic mass is 10.2. The largest absolute Gasteiger partial charge is 0.320 e. The Balaban J connectivity index is 1.88. The van der Waals surface area contributed by atoms with Crippen molar-refractivity contribution in [3.05, 3.63) is 51.8 Å². The minimum atomic E-state index is -0.367. The van der Waals surface area contributed by atoms with Crippen LogP contribution in [0.1, 0.15) is 21.7 Å². The summed E-state index contributed by atoms with van der Waals surface area (Å²) in [6.07, 6.45) is 0. The van der Waals surface area contributed by atoms with Crippen molar-refractivity contribution in [2.45, 2.75) is 17.0 Å². The molecule has 0 radical (unpaired) electrons. The molecule has 0 fully saturated rings. The third-order valence-electron chi connectivity index (χ3n) is 3.41. The number of benzene rings is 1. The topological polar surface area (TPSA) is 109 Å².